The summed E-state index contributed by atoms with van der Waals surface area (Å²) in [4.78, 5) is 41.8. The SMILES string of the molecule is O=C(CCC(=O)N1CCOCC1)NNC(=O)c1cncn1-c1ccc(F)cc1. The van der Waals surface area contributed by atoms with Crippen LogP contribution in [-0.2, 0) is 14.3 Å². The van der Waals surface area contributed by atoms with Crippen LogP contribution in [0, 0.1) is 5.82 Å². The minimum absolute atomic E-state index is 0.0479. The topological polar surface area (TPSA) is 106 Å². The molecule has 0 unspecified atom stereocenters. The van der Waals surface area contributed by atoms with E-state index in [0.717, 1.165) is 0 Å². The van der Waals surface area contributed by atoms with Crippen molar-refractivity contribution in [2.45, 2.75) is 12.8 Å². The number of morpholine rings is 1. The van der Waals surface area contributed by atoms with E-state index < -0.39 is 17.6 Å². The van der Waals surface area contributed by atoms with Crippen molar-refractivity contribution >= 4 is 17.7 Å². The molecule has 1 aliphatic rings. The number of rotatable bonds is 5. The highest BCUT2D eigenvalue weighted by molar-refractivity contribution is 5.94. The summed E-state index contributed by atoms with van der Waals surface area (Å²) in [6.45, 7) is 2.03. The summed E-state index contributed by atoms with van der Waals surface area (Å²) in [6, 6.07) is 5.54. The number of halogens is 1. The normalized spacial score (nSPS) is 13.8. The number of nitrogens with one attached hydrogen (secondary N) is 2. The van der Waals surface area contributed by atoms with Crippen LogP contribution in [0.15, 0.2) is 36.8 Å². The first-order chi connectivity index (χ1) is 13.5. The molecule has 2 heterocycles. The molecule has 0 spiro atoms. The van der Waals surface area contributed by atoms with E-state index in [1.54, 1.807) is 4.90 Å². The molecule has 0 radical (unpaired) electrons. The van der Waals surface area contributed by atoms with Crippen molar-refractivity contribution in [2.24, 2.45) is 0 Å². The number of hydrogen-bond donors (Lipinski definition) is 2. The molecule has 1 saturated heterocycles. The highest BCUT2D eigenvalue weighted by atomic mass is 19.1. The first kappa shape index (κ1) is 19.5. The molecular formula is C18H20FN5O4. The second-order valence-corrected chi connectivity index (χ2v) is 6.12. The van der Waals surface area contributed by atoms with Gasteiger partial charge in [0.15, 0.2) is 0 Å². The van der Waals surface area contributed by atoms with Gasteiger partial charge < -0.3 is 9.64 Å². The summed E-state index contributed by atoms with van der Waals surface area (Å²) < 4.78 is 19.7. The number of nitrogens with zero attached hydrogens (tertiary/aromatic N) is 3. The number of amides is 3. The lowest BCUT2D eigenvalue weighted by atomic mass is 10.2. The molecule has 0 aliphatic carbocycles. The van der Waals surface area contributed by atoms with Gasteiger partial charge in [0.05, 0.1) is 25.7 Å². The predicted octanol–water partition coefficient (Wildman–Crippen LogP) is 0.411. The van der Waals surface area contributed by atoms with Crippen molar-refractivity contribution in [1.29, 1.82) is 0 Å². The summed E-state index contributed by atoms with van der Waals surface area (Å²) in [5, 5.41) is 0. The highest BCUT2D eigenvalue weighted by Gasteiger charge is 2.18. The smallest absolute Gasteiger partial charge is 0.288 e. The molecule has 1 aliphatic heterocycles. The van der Waals surface area contributed by atoms with Crippen molar-refractivity contribution in [3.05, 3.63) is 48.3 Å². The molecular weight excluding hydrogens is 369 g/mol. The summed E-state index contributed by atoms with van der Waals surface area (Å²) in [6.07, 6.45) is 2.74. The van der Waals surface area contributed by atoms with Gasteiger partial charge in [-0.25, -0.2) is 9.37 Å². The lowest BCUT2D eigenvalue weighted by Gasteiger charge is -2.26. The summed E-state index contributed by atoms with van der Waals surface area (Å²) in [5.41, 5.74) is 5.28. The van der Waals surface area contributed by atoms with Crippen LogP contribution in [0.1, 0.15) is 23.3 Å². The van der Waals surface area contributed by atoms with Crippen molar-refractivity contribution in [3.63, 3.8) is 0 Å². The molecule has 28 heavy (non-hydrogen) atoms. The second kappa shape index (κ2) is 9.09. The van der Waals surface area contributed by atoms with E-state index in [9.17, 15) is 18.8 Å². The largest absolute Gasteiger partial charge is 0.378 e. The zero-order chi connectivity index (χ0) is 19.9. The van der Waals surface area contributed by atoms with Crippen LogP contribution in [-0.4, -0.2) is 58.5 Å². The van der Waals surface area contributed by atoms with E-state index in [1.807, 2.05) is 0 Å². The van der Waals surface area contributed by atoms with Gasteiger partial charge in [-0.05, 0) is 24.3 Å². The Balaban J connectivity index is 1.49. The number of aromatic nitrogens is 2. The number of carbonyl (C=O) groups excluding carboxylic acids is 3. The number of hydrazine groups is 1. The fraction of sp³-hybridized carbons (Fsp3) is 0.333. The maximum atomic E-state index is 13.1. The van der Waals surface area contributed by atoms with Crippen LogP contribution in [0.2, 0.25) is 0 Å². The lowest BCUT2D eigenvalue weighted by molar-refractivity contribution is -0.137. The maximum absolute atomic E-state index is 13.1. The van der Waals surface area contributed by atoms with Crippen molar-refractivity contribution in [2.75, 3.05) is 26.3 Å². The van der Waals surface area contributed by atoms with Gasteiger partial charge in [-0.3, -0.25) is 29.8 Å². The molecule has 3 rings (SSSR count). The first-order valence-corrected chi connectivity index (χ1v) is 8.77. The minimum atomic E-state index is -0.588. The molecule has 1 aromatic carbocycles. The molecule has 1 fully saturated rings. The van der Waals surface area contributed by atoms with E-state index in [2.05, 4.69) is 15.8 Å². The molecule has 2 aromatic rings. The van der Waals surface area contributed by atoms with Crippen LogP contribution in [0.25, 0.3) is 5.69 Å². The molecule has 148 valence electrons. The number of carbonyl (C=O) groups is 3. The Morgan fingerprint density at radius 2 is 1.79 bits per heavy atom. The molecule has 10 heteroatoms. The standard InChI is InChI=1S/C18H20FN5O4/c19-13-1-3-14(4-2-13)24-12-20-11-15(24)18(27)22-21-16(25)5-6-17(26)23-7-9-28-10-8-23/h1-4,11-12H,5-10H2,(H,21,25)(H,22,27). The minimum Gasteiger partial charge on any atom is -0.378 e. The number of benzene rings is 1. The summed E-state index contributed by atoms with van der Waals surface area (Å²) in [5.74, 6) is -1.59. The van der Waals surface area contributed by atoms with Crippen molar-refractivity contribution in [3.8, 4) is 5.69 Å². The first-order valence-electron chi connectivity index (χ1n) is 8.77. The predicted molar refractivity (Wildman–Crippen MR) is 95.8 cm³/mol. The van der Waals surface area contributed by atoms with Gasteiger partial charge in [0, 0.05) is 31.6 Å². The number of imidazole rings is 1. The van der Waals surface area contributed by atoms with Crippen LogP contribution >= 0.6 is 0 Å². The third-order valence-corrected chi connectivity index (χ3v) is 4.22. The van der Waals surface area contributed by atoms with Gasteiger partial charge in [0.1, 0.15) is 11.5 Å². The Labute approximate surface area is 160 Å². The van der Waals surface area contributed by atoms with Crippen molar-refractivity contribution < 1.29 is 23.5 Å². The van der Waals surface area contributed by atoms with Gasteiger partial charge in [-0.15, -0.1) is 0 Å². The Morgan fingerprint density at radius 3 is 2.50 bits per heavy atom. The molecule has 1 aromatic heterocycles. The zero-order valence-electron chi connectivity index (χ0n) is 15.1. The zero-order valence-corrected chi connectivity index (χ0v) is 15.1. The van der Waals surface area contributed by atoms with Gasteiger partial charge in [0.25, 0.3) is 5.91 Å². The fourth-order valence-electron chi connectivity index (χ4n) is 2.71. The molecule has 0 atom stereocenters. The van der Waals surface area contributed by atoms with E-state index in [0.29, 0.717) is 32.0 Å². The van der Waals surface area contributed by atoms with Gasteiger partial charge in [-0.1, -0.05) is 0 Å². The molecule has 0 bridgehead atoms. The Morgan fingerprint density at radius 1 is 1.07 bits per heavy atom. The molecule has 3 amide bonds. The van der Waals surface area contributed by atoms with Crippen molar-refractivity contribution in [1.82, 2.24) is 25.3 Å². The van der Waals surface area contributed by atoms with Gasteiger partial charge >= 0.3 is 0 Å². The van der Waals surface area contributed by atoms with Crippen LogP contribution < -0.4 is 10.9 Å². The van der Waals surface area contributed by atoms with Crippen LogP contribution in [0.4, 0.5) is 4.39 Å². The van der Waals surface area contributed by atoms with Crippen LogP contribution in [0.3, 0.4) is 0 Å². The summed E-state index contributed by atoms with van der Waals surface area (Å²) >= 11 is 0. The monoisotopic (exact) mass is 389 g/mol. The van der Waals surface area contributed by atoms with E-state index in [-0.39, 0.29) is 24.4 Å². The average molecular weight is 389 g/mol. The highest BCUT2D eigenvalue weighted by Crippen LogP contribution is 2.12. The van der Waals surface area contributed by atoms with Gasteiger partial charge in [0.2, 0.25) is 11.8 Å². The molecule has 0 saturated carbocycles. The van der Waals surface area contributed by atoms with Crippen LogP contribution in [0.5, 0.6) is 0 Å². The quantitative estimate of drug-likeness (QED) is 0.721. The Hall–Kier alpha value is -3.27. The van der Waals surface area contributed by atoms with Gasteiger partial charge in [-0.2, -0.15) is 0 Å². The number of ether oxygens (including phenoxy) is 1. The third-order valence-electron chi connectivity index (χ3n) is 4.22. The second-order valence-electron chi connectivity index (χ2n) is 6.12. The summed E-state index contributed by atoms with van der Waals surface area (Å²) in [7, 11) is 0. The van der Waals surface area contributed by atoms with E-state index in [1.165, 1.54) is 41.4 Å². The molecule has 2 N–H and O–H groups in total. The maximum Gasteiger partial charge on any atom is 0.288 e. The number of hydrogen-bond acceptors (Lipinski definition) is 5. The lowest BCUT2D eigenvalue weighted by Crippen LogP contribution is -2.43. The molecule has 9 nitrogen and oxygen atoms in total. The fourth-order valence-corrected chi connectivity index (χ4v) is 2.71. The average Bonchev–Trinajstić information content (AvgIpc) is 3.21. The van der Waals surface area contributed by atoms with E-state index >= 15 is 0 Å². The van der Waals surface area contributed by atoms with E-state index in [4.69, 9.17) is 4.74 Å². The Kier molecular flexibility index (Phi) is 6.33. The third kappa shape index (κ3) is 4.92. The Bertz CT molecular complexity index is 846.